The Morgan fingerprint density at radius 2 is 1.92 bits per heavy atom. The molecule has 7 heteroatoms. The third kappa shape index (κ3) is 6.04. The molecule has 0 fully saturated rings. The van der Waals surface area contributed by atoms with Gasteiger partial charge in [-0.05, 0) is 46.1 Å². The molecular weight excluding hydrogens is 318 g/mol. The number of anilines is 2. The number of nitrogens with zero attached hydrogens (tertiary/aromatic N) is 3. The van der Waals surface area contributed by atoms with Crippen molar-refractivity contribution in [3.05, 3.63) is 42.2 Å². The number of hydrogen-bond donors (Lipinski definition) is 2. The summed E-state index contributed by atoms with van der Waals surface area (Å²) in [5.41, 5.74) is 1.02. The van der Waals surface area contributed by atoms with Crippen LogP contribution in [0.3, 0.4) is 0 Å². The molecule has 0 aliphatic heterocycles. The second-order valence-corrected chi connectivity index (χ2v) is 5.76. The van der Waals surface area contributed by atoms with Crippen LogP contribution in [0.5, 0.6) is 5.75 Å². The number of para-hydroxylation sites is 2. The van der Waals surface area contributed by atoms with E-state index < -0.39 is 0 Å². The maximum absolute atomic E-state index is 12.3. The Bertz CT molecular complexity index is 673. The Hall–Kier alpha value is -2.67. The molecule has 2 N–H and O–H groups in total. The van der Waals surface area contributed by atoms with Crippen molar-refractivity contribution >= 4 is 17.5 Å². The number of hydrogen-bond acceptors (Lipinski definition) is 6. The molecule has 2 rings (SSSR count). The third-order valence-electron chi connectivity index (χ3n) is 3.41. The summed E-state index contributed by atoms with van der Waals surface area (Å²) >= 11 is 0. The van der Waals surface area contributed by atoms with Crippen LogP contribution in [0.2, 0.25) is 0 Å². The van der Waals surface area contributed by atoms with Gasteiger partial charge in [0.15, 0.2) is 0 Å². The molecule has 25 heavy (non-hydrogen) atoms. The SMILES string of the molecule is CCOc1ccccc1NC(=O)c1cnc(NCCCN(C)C)nc1. The lowest BCUT2D eigenvalue weighted by Gasteiger charge is -2.11. The molecule has 1 amide bonds. The van der Waals surface area contributed by atoms with E-state index in [1.807, 2.05) is 39.2 Å². The standard InChI is InChI=1S/C18H25N5O2/c1-4-25-16-9-6-5-8-15(16)22-17(24)14-12-20-18(21-13-14)19-10-7-11-23(2)3/h5-6,8-9,12-13H,4,7,10-11H2,1-3H3,(H,22,24)(H,19,20,21). The predicted octanol–water partition coefficient (Wildman–Crippen LogP) is 2.49. The Balaban J connectivity index is 1.92. The minimum atomic E-state index is -0.272. The van der Waals surface area contributed by atoms with Crippen molar-refractivity contribution in [1.29, 1.82) is 0 Å². The van der Waals surface area contributed by atoms with Crippen molar-refractivity contribution in [3.8, 4) is 5.75 Å². The van der Waals surface area contributed by atoms with Gasteiger partial charge < -0.3 is 20.3 Å². The van der Waals surface area contributed by atoms with Crippen LogP contribution in [-0.2, 0) is 0 Å². The van der Waals surface area contributed by atoms with Gasteiger partial charge >= 0.3 is 0 Å². The first kappa shape index (κ1) is 18.7. The van der Waals surface area contributed by atoms with E-state index in [0.29, 0.717) is 29.6 Å². The zero-order valence-electron chi connectivity index (χ0n) is 15.0. The molecule has 1 aromatic heterocycles. The normalized spacial score (nSPS) is 10.6. The lowest BCUT2D eigenvalue weighted by molar-refractivity contribution is 0.102. The summed E-state index contributed by atoms with van der Waals surface area (Å²) < 4.78 is 5.51. The van der Waals surface area contributed by atoms with Crippen molar-refractivity contribution in [3.63, 3.8) is 0 Å². The molecule has 1 heterocycles. The molecule has 7 nitrogen and oxygen atoms in total. The molecule has 0 aliphatic carbocycles. The van der Waals surface area contributed by atoms with E-state index in [4.69, 9.17) is 4.74 Å². The zero-order valence-corrected chi connectivity index (χ0v) is 15.0. The number of ether oxygens (including phenoxy) is 1. The van der Waals surface area contributed by atoms with E-state index in [1.54, 1.807) is 6.07 Å². The lowest BCUT2D eigenvalue weighted by Crippen LogP contribution is -2.17. The number of benzene rings is 1. The third-order valence-corrected chi connectivity index (χ3v) is 3.41. The second kappa shape index (κ2) is 9.58. The lowest BCUT2D eigenvalue weighted by atomic mass is 10.2. The monoisotopic (exact) mass is 343 g/mol. The number of rotatable bonds is 9. The van der Waals surface area contributed by atoms with E-state index in [0.717, 1.165) is 19.5 Å². The number of carbonyl (C=O) groups excluding carboxylic acids is 1. The van der Waals surface area contributed by atoms with Gasteiger partial charge in [0, 0.05) is 18.9 Å². The molecule has 0 aliphatic rings. The van der Waals surface area contributed by atoms with Crippen LogP contribution >= 0.6 is 0 Å². The summed E-state index contributed by atoms with van der Waals surface area (Å²) in [5, 5.41) is 5.97. The Kier molecular flexibility index (Phi) is 7.16. The molecular formula is C18H25N5O2. The largest absolute Gasteiger partial charge is 0.492 e. The Labute approximate surface area is 148 Å². The first-order chi connectivity index (χ1) is 12.1. The molecule has 0 spiro atoms. The van der Waals surface area contributed by atoms with Gasteiger partial charge in [-0.25, -0.2) is 9.97 Å². The van der Waals surface area contributed by atoms with Gasteiger partial charge in [-0.1, -0.05) is 12.1 Å². The summed E-state index contributed by atoms with van der Waals surface area (Å²) in [6.07, 6.45) is 4.02. The highest BCUT2D eigenvalue weighted by Crippen LogP contribution is 2.24. The number of nitrogens with one attached hydrogen (secondary N) is 2. The highest BCUT2D eigenvalue weighted by atomic mass is 16.5. The molecule has 0 radical (unpaired) electrons. The van der Waals surface area contributed by atoms with E-state index in [2.05, 4.69) is 25.5 Å². The maximum Gasteiger partial charge on any atom is 0.258 e. The molecule has 0 saturated carbocycles. The van der Waals surface area contributed by atoms with E-state index in [-0.39, 0.29) is 5.91 Å². The average Bonchev–Trinajstić information content (AvgIpc) is 2.61. The van der Waals surface area contributed by atoms with Crippen LogP contribution < -0.4 is 15.4 Å². The minimum absolute atomic E-state index is 0.272. The van der Waals surface area contributed by atoms with Gasteiger partial charge in [0.25, 0.3) is 5.91 Å². The molecule has 0 bridgehead atoms. The fraction of sp³-hybridized carbons (Fsp3) is 0.389. The van der Waals surface area contributed by atoms with Gasteiger partial charge in [0.05, 0.1) is 17.9 Å². The van der Waals surface area contributed by atoms with Gasteiger partial charge in [-0.15, -0.1) is 0 Å². The number of amides is 1. The van der Waals surface area contributed by atoms with E-state index in [1.165, 1.54) is 12.4 Å². The highest BCUT2D eigenvalue weighted by Gasteiger charge is 2.10. The van der Waals surface area contributed by atoms with Crippen LogP contribution in [0.25, 0.3) is 0 Å². The minimum Gasteiger partial charge on any atom is -0.492 e. The van der Waals surface area contributed by atoms with Gasteiger partial charge in [-0.3, -0.25) is 4.79 Å². The predicted molar refractivity (Wildman–Crippen MR) is 99.3 cm³/mol. The van der Waals surface area contributed by atoms with Crippen LogP contribution in [0.1, 0.15) is 23.7 Å². The van der Waals surface area contributed by atoms with Crippen molar-refractivity contribution in [2.75, 3.05) is 44.4 Å². The average molecular weight is 343 g/mol. The molecule has 1 aromatic carbocycles. The van der Waals surface area contributed by atoms with Crippen molar-refractivity contribution in [2.24, 2.45) is 0 Å². The Morgan fingerprint density at radius 3 is 2.60 bits per heavy atom. The van der Waals surface area contributed by atoms with Crippen LogP contribution in [0, 0.1) is 0 Å². The molecule has 0 unspecified atom stereocenters. The number of aromatic nitrogens is 2. The first-order valence-corrected chi connectivity index (χ1v) is 8.34. The summed E-state index contributed by atoms with van der Waals surface area (Å²) in [5.74, 6) is 0.884. The fourth-order valence-corrected chi connectivity index (χ4v) is 2.18. The van der Waals surface area contributed by atoms with E-state index in [9.17, 15) is 4.79 Å². The maximum atomic E-state index is 12.3. The quantitative estimate of drug-likeness (QED) is 0.681. The van der Waals surface area contributed by atoms with Gasteiger partial charge in [0.1, 0.15) is 5.75 Å². The highest BCUT2D eigenvalue weighted by molar-refractivity contribution is 6.04. The van der Waals surface area contributed by atoms with Gasteiger partial charge in [0.2, 0.25) is 5.95 Å². The van der Waals surface area contributed by atoms with Gasteiger partial charge in [-0.2, -0.15) is 0 Å². The summed E-state index contributed by atoms with van der Waals surface area (Å²) in [6.45, 7) is 4.21. The van der Waals surface area contributed by atoms with Crippen molar-refractivity contribution in [2.45, 2.75) is 13.3 Å². The molecule has 2 aromatic rings. The Morgan fingerprint density at radius 1 is 1.20 bits per heavy atom. The van der Waals surface area contributed by atoms with Crippen molar-refractivity contribution < 1.29 is 9.53 Å². The summed E-state index contributed by atoms with van der Waals surface area (Å²) in [4.78, 5) is 22.8. The smallest absolute Gasteiger partial charge is 0.258 e. The topological polar surface area (TPSA) is 79.4 Å². The molecule has 0 saturated heterocycles. The fourth-order valence-electron chi connectivity index (χ4n) is 2.18. The van der Waals surface area contributed by atoms with Crippen LogP contribution in [0.15, 0.2) is 36.7 Å². The van der Waals surface area contributed by atoms with Crippen LogP contribution in [-0.4, -0.2) is 54.6 Å². The summed E-state index contributed by atoms with van der Waals surface area (Å²) in [6, 6.07) is 7.32. The van der Waals surface area contributed by atoms with Crippen LogP contribution in [0.4, 0.5) is 11.6 Å². The summed E-state index contributed by atoms with van der Waals surface area (Å²) in [7, 11) is 4.07. The first-order valence-electron chi connectivity index (χ1n) is 8.34. The van der Waals surface area contributed by atoms with Crippen molar-refractivity contribution in [1.82, 2.24) is 14.9 Å². The number of carbonyl (C=O) groups is 1. The molecule has 0 atom stereocenters. The second-order valence-electron chi connectivity index (χ2n) is 5.76. The zero-order chi connectivity index (χ0) is 18.1. The van der Waals surface area contributed by atoms with E-state index >= 15 is 0 Å². The molecule has 134 valence electrons.